The minimum Gasteiger partial charge on any atom is -0.481 e. The quantitative estimate of drug-likeness (QED) is 0.601. The van der Waals surface area contributed by atoms with Crippen molar-refractivity contribution in [3.05, 3.63) is 18.7 Å². The third-order valence-corrected chi connectivity index (χ3v) is 2.26. The Balaban J connectivity index is 2.07. The highest BCUT2D eigenvalue weighted by Gasteiger charge is 2.08. The van der Waals surface area contributed by atoms with E-state index in [2.05, 4.69) is 15.6 Å². The van der Waals surface area contributed by atoms with E-state index in [1.807, 2.05) is 10.8 Å². The lowest BCUT2D eigenvalue weighted by atomic mass is 10.3. The van der Waals surface area contributed by atoms with Gasteiger partial charge in [-0.1, -0.05) is 0 Å². The zero-order valence-corrected chi connectivity index (χ0v) is 10.3. The number of rotatable bonds is 7. The van der Waals surface area contributed by atoms with Crippen molar-refractivity contribution in [1.82, 2.24) is 20.2 Å². The summed E-state index contributed by atoms with van der Waals surface area (Å²) in [5.74, 6) is -1.68. The SMILES string of the molecule is O=C(O)CCC(=O)NC(=O)NCCCn1ccnc1. The molecule has 0 spiro atoms. The van der Waals surface area contributed by atoms with Crippen LogP contribution in [-0.4, -0.2) is 39.1 Å². The van der Waals surface area contributed by atoms with E-state index in [1.165, 1.54) is 0 Å². The molecule has 3 amide bonds. The average Bonchev–Trinajstić information content (AvgIpc) is 2.85. The maximum atomic E-state index is 11.2. The van der Waals surface area contributed by atoms with E-state index >= 15 is 0 Å². The molecule has 0 unspecified atom stereocenters. The average molecular weight is 268 g/mol. The normalized spacial score (nSPS) is 9.89. The molecule has 19 heavy (non-hydrogen) atoms. The number of nitrogens with one attached hydrogen (secondary N) is 2. The zero-order chi connectivity index (χ0) is 14.1. The number of carboxylic acid groups (broad SMARTS) is 1. The first-order valence-corrected chi connectivity index (χ1v) is 5.83. The summed E-state index contributed by atoms with van der Waals surface area (Å²) in [6.45, 7) is 1.13. The number of hydrogen-bond acceptors (Lipinski definition) is 4. The van der Waals surface area contributed by atoms with Gasteiger partial charge < -0.3 is 15.0 Å². The fourth-order valence-corrected chi connectivity index (χ4v) is 1.34. The number of hydrogen-bond donors (Lipinski definition) is 3. The van der Waals surface area contributed by atoms with Gasteiger partial charge in [0.1, 0.15) is 0 Å². The van der Waals surface area contributed by atoms with Crippen LogP contribution in [0.4, 0.5) is 4.79 Å². The first-order chi connectivity index (χ1) is 9.08. The van der Waals surface area contributed by atoms with E-state index in [0.717, 1.165) is 0 Å². The van der Waals surface area contributed by atoms with Crippen LogP contribution in [0.15, 0.2) is 18.7 Å². The zero-order valence-electron chi connectivity index (χ0n) is 10.3. The van der Waals surface area contributed by atoms with Gasteiger partial charge in [0.2, 0.25) is 5.91 Å². The van der Waals surface area contributed by atoms with Crippen molar-refractivity contribution in [3.8, 4) is 0 Å². The Bertz CT molecular complexity index is 430. The standard InChI is InChI=1S/C11H16N4O4/c16-9(2-3-10(17)18)14-11(19)13-4-1-6-15-7-5-12-8-15/h5,7-8H,1-4,6H2,(H,17,18)(H2,13,14,16,19). The van der Waals surface area contributed by atoms with Crippen molar-refractivity contribution >= 4 is 17.9 Å². The molecular formula is C11H16N4O4. The van der Waals surface area contributed by atoms with Crippen LogP contribution >= 0.6 is 0 Å². The second kappa shape index (κ2) is 7.85. The Kier molecular flexibility index (Phi) is 6.07. The minimum absolute atomic E-state index is 0.211. The van der Waals surface area contributed by atoms with Gasteiger partial charge in [0.05, 0.1) is 12.7 Å². The third-order valence-electron chi connectivity index (χ3n) is 2.26. The summed E-state index contributed by atoms with van der Waals surface area (Å²) in [6, 6.07) is -0.610. The largest absolute Gasteiger partial charge is 0.481 e. The summed E-state index contributed by atoms with van der Waals surface area (Å²) < 4.78 is 1.87. The number of carbonyl (C=O) groups is 3. The van der Waals surface area contributed by atoms with E-state index in [1.54, 1.807) is 12.5 Å². The van der Waals surface area contributed by atoms with Gasteiger partial charge in [0.25, 0.3) is 0 Å². The van der Waals surface area contributed by atoms with Crippen LogP contribution < -0.4 is 10.6 Å². The summed E-state index contributed by atoms with van der Waals surface area (Å²) in [4.78, 5) is 36.5. The highest BCUT2D eigenvalue weighted by Crippen LogP contribution is 1.90. The Morgan fingerprint density at radius 2 is 2.05 bits per heavy atom. The Morgan fingerprint density at radius 3 is 2.68 bits per heavy atom. The van der Waals surface area contributed by atoms with Crippen LogP contribution in [-0.2, 0) is 16.1 Å². The van der Waals surface area contributed by atoms with Crippen molar-refractivity contribution in [1.29, 1.82) is 0 Å². The molecule has 0 fully saturated rings. The Morgan fingerprint density at radius 1 is 1.26 bits per heavy atom. The molecule has 0 atom stereocenters. The summed E-state index contributed by atoms with van der Waals surface area (Å²) >= 11 is 0. The lowest BCUT2D eigenvalue weighted by Crippen LogP contribution is -2.40. The van der Waals surface area contributed by atoms with Crippen molar-refractivity contribution in [2.45, 2.75) is 25.8 Å². The number of nitrogens with zero attached hydrogens (tertiary/aromatic N) is 2. The van der Waals surface area contributed by atoms with Gasteiger partial charge in [-0.2, -0.15) is 0 Å². The van der Waals surface area contributed by atoms with E-state index in [9.17, 15) is 14.4 Å². The van der Waals surface area contributed by atoms with Gasteiger partial charge in [0.15, 0.2) is 0 Å². The highest BCUT2D eigenvalue weighted by atomic mass is 16.4. The van der Waals surface area contributed by atoms with Crippen molar-refractivity contribution in [3.63, 3.8) is 0 Å². The van der Waals surface area contributed by atoms with Crippen LogP contribution in [0.2, 0.25) is 0 Å². The molecule has 0 saturated carbocycles. The smallest absolute Gasteiger partial charge is 0.321 e. The number of carbonyl (C=O) groups excluding carboxylic acids is 2. The van der Waals surface area contributed by atoms with Gasteiger partial charge in [0, 0.05) is 31.9 Å². The number of urea groups is 1. The van der Waals surface area contributed by atoms with E-state index in [0.29, 0.717) is 19.5 Å². The Hall–Kier alpha value is -2.38. The molecule has 0 aliphatic carbocycles. The monoisotopic (exact) mass is 268 g/mol. The molecule has 1 aromatic rings. The molecule has 8 nitrogen and oxygen atoms in total. The predicted octanol–water partition coefficient (Wildman–Crippen LogP) is -0.0362. The first kappa shape index (κ1) is 14.7. The highest BCUT2D eigenvalue weighted by molar-refractivity contribution is 5.95. The van der Waals surface area contributed by atoms with Crippen LogP contribution in [0.3, 0.4) is 0 Å². The maximum Gasteiger partial charge on any atom is 0.321 e. The molecule has 0 bridgehead atoms. The molecule has 0 aliphatic rings. The topological polar surface area (TPSA) is 113 Å². The second-order valence-electron chi connectivity index (χ2n) is 3.85. The maximum absolute atomic E-state index is 11.2. The molecule has 1 aromatic heterocycles. The van der Waals surface area contributed by atoms with E-state index < -0.39 is 17.9 Å². The van der Waals surface area contributed by atoms with Gasteiger partial charge in [-0.15, -0.1) is 0 Å². The molecule has 0 saturated heterocycles. The molecular weight excluding hydrogens is 252 g/mol. The number of imidazole rings is 1. The summed E-state index contributed by atoms with van der Waals surface area (Å²) in [5, 5.41) is 12.9. The van der Waals surface area contributed by atoms with Gasteiger partial charge in [-0.05, 0) is 6.42 Å². The van der Waals surface area contributed by atoms with Gasteiger partial charge in [-0.25, -0.2) is 9.78 Å². The lowest BCUT2D eigenvalue weighted by Gasteiger charge is -2.06. The first-order valence-electron chi connectivity index (χ1n) is 5.83. The van der Waals surface area contributed by atoms with E-state index in [-0.39, 0.29) is 12.8 Å². The predicted molar refractivity (Wildman–Crippen MR) is 65.3 cm³/mol. The summed E-state index contributed by atoms with van der Waals surface area (Å²) in [6.07, 6.45) is 5.36. The number of imide groups is 1. The molecule has 104 valence electrons. The third kappa shape index (κ3) is 6.81. The number of amides is 3. The molecule has 0 radical (unpaired) electrons. The van der Waals surface area contributed by atoms with Crippen LogP contribution in [0, 0.1) is 0 Å². The van der Waals surface area contributed by atoms with Crippen LogP contribution in [0.25, 0.3) is 0 Å². The van der Waals surface area contributed by atoms with Crippen LogP contribution in [0.5, 0.6) is 0 Å². The fraction of sp³-hybridized carbons (Fsp3) is 0.455. The van der Waals surface area contributed by atoms with Crippen LogP contribution in [0.1, 0.15) is 19.3 Å². The fourth-order valence-electron chi connectivity index (χ4n) is 1.34. The lowest BCUT2D eigenvalue weighted by molar-refractivity contribution is -0.138. The van der Waals surface area contributed by atoms with Gasteiger partial charge in [-0.3, -0.25) is 14.9 Å². The van der Waals surface area contributed by atoms with Crippen molar-refractivity contribution in [2.75, 3.05) is 6.54 Å². The van der Waals surface area contributed by atoms with Crippen molar-refractivity contribution < 1.29 is 19.5 Å². The molecule has 0 aromatic carbocycles. The summed E-state index contributed by atoms with van der Waals surface area (Å²) in [5.41, 5.74) is 0. The number of aliphatic carboxylic acids is 1. The summed E-state index contributed by atoms with van der Waals surface area (Å²) in [7, 11) is 0. The number of aromatic nitrogens is 2. The molecule has 1 rings (SSSR count). The number of carboxylic acids is 1. The minimum atomic E-state index is -1.07. The number of aryl methyl sites for hydroxylation is 1. The molecule has 3 N–H and O–H groups in total. The molecule has 8 heteroatoms. The molecule has 1 heterocycles. The second-order valence-corrected chi connectivity index (χ2v) is 3.85. The van der Waals surface area contributed by atoms with Gasteiger partial charge >= 0.3 is 12.0 Å². The Labute approximate surface area is 109 Å². The van der Waals surface area contributed by atoms with E-state index in [4.69, 9.17) is 5.11 Å². The van der Waals surface area contributed by atoms with Crippen molar-refractivity contribution in [2.24, 2.45) is 0 Å². The molecule has 0 aliphatic heterocycles.